The van der Waals surface area contributed by atoms with Crippen molar-refractivity contribution in [1.29, 1.82) is 0 Å². The van der Waals surface area contributed by atoms with Crippen LogP contribution in [0.4, 0.5) is 10.5 Å². The molecule has 0 aromatic heterocycles. The molecule has 3 aromatic carbocycles. The first kappa shape index (κ1) is 30.2. The van der Waals surface area contributed by atoms with E-state index in [2.05, 4.69) is 5.32 Å². The van der Waals surface area contributed by atoms with Gasteiger partial charge in [0.15, 0.2) is 6.10 Å². The zero-order valence-electron chi connectivity index (χ0n) is 25.1. The van der Waals surface area contributed by atoms with Gasteiger partial charge in [-0.25, -0.2) is 9.59 Å². The summed E-state index contributed by atoms with van der Waals surface area (Å²) in [6.45, 7) is 5.59. The predicted molar refractivity (Wildman–Crippen MR) is 171 cm³/mol. The summed E-state index contributed by atoms with van der Waals surface area (Å²) in [6, 6.07) is 27.2. The summed E-state index contributed by atoms with van der Waals surface area (Å²) in [4.78, 5) is 56.4. The number of hydrogen-bond donors (Lipinski definition) is 1. The number of esters is 1. The Labute approximate surface area is 265 Å². The lowest BCUT2D eigenvalue weighted by atomic mass is 9.98. The molecule has 0 bridgehead atoms. The monoisotopic (exact) mass is 623 g/mol. The van der Waals surface area contributed by atoms with E-state index in [0.29, 0.717) is 23.4 Å². The Hall–Kier alpha value is -4.83. The van der Waals surface area contributed by atoms with Crippen LogP contribution in [0.5, 0.6) is 0 Å². The zero-order valence-corrected chi connectivity index (χ0v) is 26.0. The van der Waals surface area contributed by atoms with E-state index in [9.17, 15) is 19.2 Å². The van der Waals surface area contributed by atoms with E-state index < -0.39 is 41.1 Å². The number of β-lactam (4-membered cyclic amide) rings is 2. The fraction of sp³-hybridized carbons (Fsp3) is 0.257. The maximum absolute atomic E-state index is 14.2. The van der Waals surface area contributed by atoms with Gasteiger partial charge in [-0.3, -0.25) is 14.5 Å². The molecule has 3 heterocycles. The molecule has 0 spiro atoms. The SMILES string of the molecule is CC(C)(C)OC(=O)N[C@@H]1C(=O)N2C(C(=O)OC(c3ccccc3)c3ccccc3)=C(/C=C3\CN(c4ccccc4)C3=O)CS[C@H]12. The average Bonchev–Trinajstić information content (AvgIpc) is 3.04. The number of fused-ring (bicyclic) bond motifs is 1. The molecule has 230 valence electrons. The van der Waals surface area contributed by atoms with E-state index in [1.807, 2.05) is 91.0 Å². The van der Waals surface area contributed by atoms with Crippen LogP contribution in [0.3, 0.4) is 0 Å². The van der Waals surface area contributed by atoms with Crippen LogP contribution in [0.1, 0.15) is 38.0 Å². The van der Waals surface area contributed by atoms with Crippen molar-refractivity contribution < 1.29 is 28.7 Å². The molecule has 0 radical (unpaired) electrons. The second-order valence-electron chi connectivity index (χ2n) is 11.9. The predicted octanol–water partition coefficient (Wildman–Crippen LogP) is 5.35. The topological polar surface area (TPSA) is 105 Å². The molecule has 3 aliphatic rings. The standard InChI is InChI=1S/C35H33N3O6S/c1-35(2,3)44-34(42)36-27-31(40)38-28(33(41)43-29(22-13-7-4-8-14-22)23-15-9-5-10-16-23)25(21-45-32(27)38)19-24-20-37(30(24)39)26-17-11-6-12-18-26/h4-19,27,29,32H,20-21H2,1-3H3,(H,36,42)/b24-19+/t27-,32-/m1/s1. The third-order valence-electron chi connectivity index (χ3n) is 7.56. The Morgan fingerprint density at radius 1 is 0.911 bits per heavy atom. The first-order valence-electron chi connectivity index (χ1n) is 14.7. The van der Waals surface area contributed by atoms with Gasteiger partial charge in [0, 0.05) is 17.0 Å². The largest absolute Gasteiger partial charge is 0.448 e. The molecule has 3 aliphatic heterocycles. The highest BCUT2D eigenvalue weighted by Gasteiger charge is 2.55. The van der Waals surface area contributed by atoms with E-state index in [4.69, 9.17) is 9.47 Å². The van der Waals surface area contributed by atoms with Crippen molar-refractivity contribution in [3.05, 3.63) is 125 Å². The van der Waals surface area contributed by atoms with Crippen LogP contribution in [0.25, 0.3) is 0 Å². The lowest BCUT2D eigenvalue weighted by molar-refractivity contribution is -0.153. The third kappa shape index (κ3) is 6.23. The van der Waals surface area contributed by atoms with Crippen LogP contribution in [0, 0.1) is 0 Å². The molecule has 0 unspecified atom stereocenters. The van der Waals surface area contributed by atoms with Gasteiger partial charge in [0.2, 0.25) is 0 Å². The Morgan fingerprint density at radius 3 is 2.04 bits per heavy atom. The normalized spacial score (nSPS) is 20.4. The molecule has 45 heavy (non-hydrogen) atoms. The molecule has 3 amide bonds. The fourth-order valence-corrected chi connectivity index (χ4v) is 6.76. The lowest BCUT2D eigenvalue weighted by Gasteiger charge is -2.49. The molecule has 0 aliphatic carbocycles. The minimum atomic E-state index is -0.875. The molecule has 2 fully saturated rings. The summed E-state index contributed by atoms with van der Waals surface area (Å²) in [5, 5.41) is 2.12. The number of hydrogen-bond acceptors (Lipinski definition) is 7. The maximum atomic E-state index is 14.2. The van der Waals surface area contributed by atoms with E-state index in [-0.39, 0.29) is 11.6 Å². The Bertz CT molecular complexity index is 1640. The van der Waals surface area contributed by atoms with Gasteiger partial charge in [-0.15, -0.1) is 11.8 Å². The van der Waals surface area contributed by atoms with Gasteiger partial charge in [-0.05, 0) is 55.7 Å². The summed E-state index contributed by atoms with van der Waals surface area (Å²) in [5.41, 5.74) is 2.70. The van der Waals surface area contributed by atoms with Crippen LogP contribution >= 0.6 is 11.8 Å². The first-order valence-corrected chi connectivity index (χ1v) is 15.7. The number of ether oxygens (including phenoxy) is 2. The number of para-hydroxylation sites is 1. The average molecular weight is 624 g/mol. The highest BCUT2D eigenvalue weighted by atomic mass is 32.2. The van der Waals surface area contributed by atoms with Crippen molar-refractivity contribution in [3.8, 4) is 0 Å². The number of nitrogens with one attached hydrogen (secondary N) is 1. The summed E-state index contributed by atoms with van der Waals surface area (Å²) < 4.78 is 11.6. The molecule has 10 heteroatoms. The molecule has 2 saturated heterocycles. The summed E-state index contributed by atoms with van der Waals surface area (Å²) in [6.07, 6.45) is 0.250. The lowest BCUT2D eigenvalue weighted by Crippen LogP contribution is -2.70. The summed E-state index contributed by atoms with van der Waals surface area (Å²) >= 11 is 1.40. The zero-order chi connectivity index (χ0) is 31.7. The number of alkyl carbamates (subject to hydrolysis) is 1. The highest BCUT2D eigenvalue weighted by molar-refractivity contribution is 8.00. The Kier molecular flexibility index (Phi) is 8.24. The van der Waals surface area contributed by atoms with Crippen LogP contribution in [-0.2, 0) is 23.9 Å². The van der Waals surface area contributed by atoms with Crippen LogP contribution in [0.15, 0.2) is 114 Å². The van der Waals surface area contributed by atoms with Crippen molar-refractivity contribution in [3.63, 3.8) is 0 Å². The highest BCUT2D eigenvalue weighted by Crippen LogP contribution is 2.43. The summed E-state index contributed by atoms with van der Waals surface area (Å²) in [7, 11) is 0. The second-order valence-corrected chi connectivity index (χ2v) is 13.0. The van der Waals surface area contributed by atoms with Crippen molar-refractivity contribution in [2.24, 2.45) is 0 Å². The van der Waals surface area contributed by atoms with Gasteiger partial charge >= 0.3 is 12.1 Å². The van der Waals surface area contributed by atoms with Crippen molar-refractivity contribution in [2.75, 3.05) is 17.2 Å². The molecule has 1 N–H and O–H groups in total. The number of thioether (sulfide) groups is 1. The van der Waals surface area contributed by atoms with E-state index in [1.165, 1.54) is 16.7 Å². The minimum absolute atomic E-state index is 0.0707. The molecule has 6 rings (SSSR count). The number of anilines is 1. The molecule has 3 aromatic rings. The fourth-order valence-electron chi connectivity index (χ4n) is 5.45. The van der Waals surface area contributed by atoms with Crippen molar-refractivity contribution in [2.45, 2.75) is 43.9 Å². The number of benzene rings is 3. The molecular formula is C35H33N3O6S. The molecule has 0 saturated carbocycles. The van der Waals surface area contributed by atoms with Gasteiger partial charge in [0.05, 0.1) is 6.54 Å². The van der Waals surface area contributed by atoms with Gasteiger partial charge in [0.25, 0.3) is 11.8 Å². The van der Waals surface area contributed by atoms with Gasteiger partial charge < -0.3 is 19.7 Å². The number of allylic oxidation sites excluding steroid dienone is 1. The van der Waals surface area contributed by atoms with Gasteiger partial charge in [-0.2, -0.15) is 0 Å². The number of rotatable bonds is 7. The number of carbonyl (C=O) groups excluding carboxylic acids is 4. The first-order chi connectivity index (χ1) is 21.6. The number of amides is 3. The van der Waals surface area contributed by atoms with Gasteiger partial charge in [0.1, 0.15) is 22.7 Å². The Morgan fingerprint density at radius 2 is 1.49 bits per heavy atom. The van der Waals surface area contributed by atoms with E-state index >= 15 is 0 Å². The smallest absolute Gasteiger partial charge is 0.408 e. The molecule has 2 atom stereocenters. The van der Waals surface area contributed by atoms with Crippen molar-refractivity contribution >= 4 is 41.3 Å². The summed E-state index contributed by atoms with van der Waals surface area (Å²) in [5.74, 6) is -0.989. The maximum Gasteiger partial charge on any atom is 0.408 e. The second kappa shape index (κ2) is 12.3. The third-order valence-corrected chi connectivity index (χ3v) is 8.86. The Balaban J connectivity index is 1.32. The number of nitrogens with zero attached hydrogens (tertiary/aromatic N) is 2. The van der Waals surface area contributed by atoms with E-state index in [1.54, 1.807) is 31.7 Å². The van der Waals surface area contributed by atoms with Crippen molar-refractivity contribution in [1.82, 2.24) is 10.2 Å². The quantitative estimate of drug-likeness (QED) is 0.215. The van der Waals surface area contributed by atoms with Crippen LogP contribution < -0.4 is 10.2 Å². The number of carbonyl (C=O) groups is 4. The van der Waals surface area contributed by atoms with Crippen LogP contribution in [0.2, 0.25) is 0 Å². The van der Waals surface area contributed by atoms with E-state index in [0.717, 1.165) is 16.8 Å². The van der Waals surface area contributed by atoms with Gasteiger partial charge in [-0.1, -0.05) is 78.9 Å². The van der Waals surface area contributed by atoms with Crippen LogP contribution in [-0.4, -0.2) is 58.1 Å². The molecule has 9 nitrogen and oxygen atoms in total. The minimum Gasteiger partial charge on any atom is -0.448 e. The molecular weight excluding hydrogens is 590 g/mol.